The van der Waals surface area contributed by atoms with E-state index in [9.17, 15) is 20.4 Å². The van der Waals surface area contributed by atoms with E-state index in [0.29, 0.717) is 43.5 Å². The van der Waals surface area contributed by atoms with Crippen molar-refractivity contribution < 1.29 is 56.8 Å². The second-order valence-electron chi connectivity index (χ2n) is 21.5. The molecule has 0 radical (unpaired) electrons. The molecule has 0 fully saturated rings. The number of rotatable bonds is 20. The Kier molecular flexibility index (Phi) is 20.5. The zero-order valence-electron chi connectivity index (χ0n) is 47.8. The van der Waals surface area contributed by atoms with E-state index in [1.807, 2.05) is 79.7 Å². The van der Waals surface area contributed by atoms with E-state index in [1.54, 1.807) is 146 Å². The van der Waals surface area contributed by atoms with Crippen molar-refractivity contribution in [2.45, 2.75) is 144 Å². The number of aromatic hydroxyl groups is 4. The summed E-state index contributed by atoms with van der Waals surface area (Å²) in [5, 5.41) is 52.7. The lowest BCUT2D eigenvalue weighted by Gasteiger charge is -2.24. The summed E-state index contributed by atoms with van der Waals surface area (Å²) in [6.45, 7) is 14.5. The molecular formula is C64H68O12P4S4. The summed E-state index contributed by atoms with van der Waals surface area (Å²) < 4.78 is 86.5. The second kappa shape index (κ2) is 27.0. The third-order valence-electron chi connectivity index (χ3n) is 13.0. The van der Waals surface area contributed by atoms with Crippen LogP contribution in [0.4, 0.5) is 0 Å². The monoisotopic (exact) mass is 1280 g/mol. The van der Waals surface area contributed by atoms with Crippen molar-refractivity contribution in [3.05, 3.63) is 192 Å². The van der Waals surface area contributed by atoms with Gasteiger partial charge in [0.25, 0.3) is 0 Å². The summed E-state index contributed by atoms with van der Waals surface area (Å²) >= 11 is 4.07. The molecule has 1 heterocycles. The van der Waals surface area contributed by atoms with Gasteiger partial charge in [-0.2, -0.15) is 0 Å². The van der Waals surface area contributed by atoms with Gasteiger partial charge in [0.05, 0.1) is 88.2 Å². The van der Waals surface area contributed by atoms with Gasteiger partial charge in [0.15, 0.2) is 0 Å². The van der Waals surface area contributed by atoms with Crippen molar-refractivity contribution in [1.82, 2.24) is 0 Å². The first-order chi connectivity index (χ1) is 39.9. The molecule has 0 aliphatic carbocycles. The van der Waals surface area contributed by atoms with Crippen LogP contribution in [0.5, 0.6) is 23.0 Å². The average Bonchev–Trinajstić information content (AvgIpc) is 3.53. The van der Waals surface area contributed by atoms with Gasteiger partial charge < -0.3 is 38.5 Å². The maximum Gasteiger partial charge on any atom is 0.236 e. The first-order valence-electron chi connectivity index (χ1n) is 27.4. The summed E-state index contributed by atoms with van der Waals surface area (Å²) in [5.41, 5.74) is 2.01. The van der Waals surface area contributed by atoms with Gasteiger partial charge in [0.1, 0.15) is 23.0 Å². The lowest BCUT2D eigenvalue weighted by molar-refractivity contribution is 0.247. The van der Waals surface area contributed by atoms with Crippen LogP contribution < -0.4 is 21.2 Å². The number of fused-ring (bicyclic) bond motifs is 8. The Bertz CT molecular complexity index is 3260. The molecule has 0 amide bonds. The number of phenolic OH excluding ortho intramolecular Hbond substituents is 4. The first-order valence-corrected chi connectivity index (χ1v) is 37.9. The molecule has 12 nitrogen and oxygen atoms in total. The molecule has 20 heteroatoms. The van der Waals surface area contributed by atoms with Crippen LogP contribution in [0.2, 0.25) is 0 Å². The maximum atomic E-state index is 15.3. The highest BCUT2D eigenvalue weighted by molar-refractivity contribution is 8.01. The average molecular weight is 1280 g/mol. The first kappa shape index (κ1) is 63.6. The van der Waals surface area contributed by atoms with E-state index in [0.717, 1.165) is 47.0 Å². The molecule has 0 saturated carbocycles. The minimum Gasteiger partial charge on any atom is -0.506 e. The van der Waals surface area contributed by atoms with E-state index in [-0.39, 0.29) is 86.8 Å². The molecule has 4 N–H and O–H groups in total. The maximum absolute atomic E-state index is 15.3. The quantitative estimate of drug-likeness (QED) is 0.0528. The zero-order valence-corrected chi connectivity index (χ0v) is 54.6. The van der Waals surface area contributed by atoms with Crippen LogP contribution >= 0.6 is 76.5 Å². The number of phenols is 4. The number of hydrogen-bond donors (Lipinski definition) is 4. The molecule has 1 aliphatic rings. The molecule has 0 aromatic heterocycles. The van der Waals surface area contributed by atoms with Crippen molar-refractivity contribution in [2.24, 2.45) is 0 Å². The molecule has 0 spiro atoms. The van der Waals surface area contributed by atoms with Crippen molar-refractivity contribution in [2.75, 3.05) is 0 Å². The minimum absolute atomic E-state index is 0.105. The molecule has 8 aromatic carbocycles. The fourth-order valence-electron chi connectivity index (χ4n) is 9.71. The molecule has 84 heavy (non-hydrogen) atoms. The fourth-order valence-corrected chi connectivity index (χ4v) is 23.6. The molecule has 8 bridgehead atoms. The van der Waals surface area contributed by atoms with Gasteiger partial charge in [-0.15, -0.1) is 0 Å². The summed E-state index contributed by atoms with van der Waals surface area (Å²) in [4.78, 5) is 1.87. The van der Waals surface area contributed by atoms with Gasteiger partial charge in [-0.05, 0) is 175 Å². The molecule has 8 aromatic rings. The Morgan fingerprint density at radius 3 is 0.595 bits per heavy atom. The van der Waals surface area contributed by atoms with Gasteiger partial charge in [0.2, 0.25) is 29.5 Å². The van der Waals surface area contributed by atoms with Gasteiger partial charge in [-0.1, -0.05) is 120 Å². The summed E-state index contributed by atoms with van der Waals surface area (Å²) in [7, 11) is -14.7. The molecular weight excluding hydrogens is 1210 g/mol. The van der Waals surface area contributed by atoms with Crippen LogP contribution in [0.3, 0.4) is 0 Å². The predicted molar refractivity (Wildman–Crippen MR) is 343 cm³/mol. The largest absolute Gasteiger partial charge is 0.506 e. The Morgan fingerprint density at radius 1 is 0.298 bits per heavy atom. The molecule has 4 unspecified atom stereocenters. The molecule has 1 aliphatic heterocycles. The van der Waals surface area contributed by atoms with Crippen molar-refractivity contribution >= 4 is 97.7 Å². The summed E-state index contributed by atoms with van der Waals surface area (Å²) in [5.74, 6) is -0.914. The topological polar surface area (TPSA) is 186 Å². The molecule has 440 valence electrons. The summed E-state index contributed by atoms with van der Waals surface area (Å²) in [6, 6.07) is 49.4. The Balaban J connectivity index is 1.30. The van der Waals surface area contributed by atoms with Crippen LogP contribution in [-0.4, -0.2) is 44.8 Å². The van der Waals surface area contributed by atoms with Gasteiger partial charge >= 0.3 is 0 Å². The van der Waals surface area contributed by atoms with Crippen molar-refractivity contribution in [1.29, 1.82) is 0 Å². The molecule has 0 saturated heterocycles. The van der Waals surface area contributed by atoms with Crippen molar-refractivity contribution in [3.8, 4) is 23.0 Å². The van der Waals surface area contributed by atoms with E-state index >= 15 is 18.3 Å². The van der Waals surface area contributed by atoms with Gasteiger partial charge in [-0.25, -0.2) is 0 Å². The normalized spacial score (nSPS) is 15.6. The highest BCUT2D eigenvalue weighted by Gasteiger charge is 2.35. The lowest BCUT2D eigenvalue weighted by atomic mass is 10.2. The third-order valence-corrected chi connectivity index (χ3v) is 27.7. The number of hydrogen-bond acceptors (Lipinski definition) is 16. The smallest absolute Gasteiger partial charge is 0.236 e. The third kappa shape index (κ3) is 15.3. The van der Waals surface area contributed by atoms with E-state index in [2.05, 4.69) is 0 Å². The lowest BCUT2D eigenvalue weighted by Crippen LogP contribution is -2.13. The zero-order chi connectivity index (χ0) is 60.1. The Morgan fingerprint density at radius 2 is 0.452 bits per heavy atom. The van der Waals surface area contributed by atoms with Crippen LogP contribution in [0.15, 0.2) is 209 Å². The molecule has 9 rings (SSSR count). The minimum atomic E-state index is -3.68. The van der Waals surface area contributed by atoms with Crippen molar-refractivity contribution in [3.63, 3.8) is 0 Å². The van der Waals surface area contributed by atoms with Crippen LogP contribution in [0.1, 0.15) is 77.6 Å². The van der Waals surface area contributed by atoms with Crippen LogP contribution in [0, 0.1) is 0 Å². The van der Waals surface area contributed by atoms with E-state index in [1.165, 1.54) is 0 Å². The highest BCUT2D eigenvalue weighted by Crippen LogP contribution is 2.60. The fraction of sp³-hybridized carbons (Fsp3) is 0.250. The molecule has 4 atom stereocenters. The Labute approximate surface area is 509 Å². The van der Waals surface area contributed by atoms with Crippen LogP contribution in [-0.2, 0) is 61.0 Å². The predicted octanol–water partition coefficient (Wildman–Crippen LogP) is 17.5. The number of benzene rings is 8. The standard InChI is InChI=1S/C64H68O12P4S4/c1-41(2)73-77(69,49-21-13-9-14-22-49)37-45-29-53-61(65)54(30-45)82-56-32-47(39-79(71,75-43(5)6)51-25-17-11-18-26-51)34-58(63(56)67)84-60-36-48(40-80(72,76-44(7)8)52-27-19-12-20-28-52)35-59(64(60)68)83-57-33-46(31-55(81-53)62(57)66)38-78(70,74-42(3)4)50-23-15-10-16-24-50/h9-36,41-44,65-68H,37-40H2,1-8H3. The van der Waals surface area contributed by atoms with E-state index in [4.69, 9.17) is 18.1 Å². The second-order valence-corrected chi connectivity index (χ2v) is 35.4. The summed E-state index contributed by atoms with van der Waals surface area (Å²) in [6.07, 6.45) is -2.16. The van der Waals surface area contributed by atoms with Crippen LogP contribution in [0.25, 0.3) is 0 Å². The van der Waals surface area contributed by atoms with E-state index < -0.39 is 53.9 Å². The van der Waals surface area contributed by atoms with Gasteiger partial charge in [-0.3, -0.25) is 18.3 Å². The SMILES string of the molecule is CC(C)OP(=O)(Cc1cc2c(O)c(c1)Sc1cc(CP(=O)(OC(C)C)c3ccccc3)cc(c1O)Sc1cc(CP(=O)(OC(C)C)c3ccccc3)cc(c1O)Sc1cc(CP(=O)(OC(C)C)c3ccccc3)cc(c1O)S2)c1ccccc1. The van der Waals surface area contributed by atoms with Gasteiger partial charge in [0, 0.05) is 21.2 Å². The highest BCUT2D eigenvalue weighted by atomic mass is 32.2. The Hall–Kier alpha value is -4.88.